The lowest BCUT2D eigenvalue weighted by atomic mass is 10.1. The van der Waals surface area contributed by atoms with E-state index in [9.17, 15) is 4.79 Å². The van der Waals surface area contributed by atoms with Crippen molar-refractivity contribution in [3.05, 3.63) is 95.1 Å². The molecule has 3 heteroatoms. The summed E-state index contributed by atoms with van der Waals surface area (Å²) in [5.74, 6) is 0.969. The van der Waals surface area contributed by atoms with Gasteiger partial charge >= 0.3 is 5.97 Å². The quantitative estimate of drug-likeness (QED) is 0.458. The third-order valence-corrected chi connectivity index (χ3v) is 4.35. The van der Waals surface area contributed by atoms with Gasteiger partial charge in [0.15, 0.2) is 0 Å². The first-order valence-electron chi connectivity index (χ1n) is 8.68. The van der Waals surface area contributed by atoms with Crippen molar-refractivity contribution >= 4 is 5.97 Å². The van der Waals surface area contributed by atoms with E-state index in [1.165, 1.54) is 5.56 Å². The Morgan fingerprint density at radius 2 is 1.58 bits per heavy atom. The molecule has 132 valence electrons. The van der Waals surface area contributed by atoms with E-state index in [0.717, 1.165) is 23.3 Å². The third-order valence-electron chi connectivity index (χ3n) is 4.35. The van der Waals surface area contributed by atoms with Crippen LogP contribution < -0.4 is 9.47 Å². The molecule has 0 fully saturated rings. The number of ether oxygens (including phenoxy) is 2. The third kappa shape index (κ3) is 4.51. The summed E-state index contributed by atoms with van der Waals surface area (Å²) in [7, 11) is 0. The summed E-state index contributed by atoms with van der Waals surface area (Å²) in [4.78, 5) is 12.3. The van der Waals surface area contributed by atoms with Crippen molar-refractivity contribution in [3.63, 3.8) is 0 Å². The second-order valence-corrected chi connectivity index (χ2v) is 6.20. The zero-order valence-corrected chi connectivity index (χ0v) is 15.1. The van der Waals surface area contributed by atoms with Gasteiger partial charge in [-0.05, 0) is 60.9 Å². The Kier molecular flexibility index (Phi) is 5.69. The number of benzene rings is 3. The largest absolute Gasteiger partial charge is 0.493 e. The van der Waals surface area contributed by atoms with Crippen LogP contribution in [0.4, 0.5) is 0 Å². The molecule has 0 unspecified atom stereocenters. The molecule has 3 aromatic carbocycles. The van der Waals surface area contributed by atoms with Crippen LogP contribution in [0.1, 0.15) is 27.0 Å². The van der Waals surface area contributed by atoms with Gasteiger partial charge in [-0.2, -0.15) is 0 Å². The highest BCUT2D eigenvalue weighted by Gasteiger charge is 2.11. The molecule has 3 rings (SSSR count). The van der Waals surface area contributed by atoms with E-state index in [4.69, 9.17) is 9.47 Å². The van der Waals surface area contributed by atoms with Gasteiger partial charge in [-0.25, -0.2) is 4.79 Å². The second-order valence-electron chi connectivity index (χ2n) is 6.20. The molecule has 0 aromatic heterocycles. The molecule has 0 heterocycles. The van der Waals surface area contributed by atoms with E-state index in [1.807, 2.05) is 44.2 Å². The number of aryl methyl sites for hydroxylation is 1. The Bertz CT molecular complexity index is 868. The van der Waals surface area contributed by atoms with Crippen molar-refractivity contribution in [2.45, 2.75) is 20.3 Å². The summed E-state index contributed by atoms with van der Waals surface area (Å²) in [6, 6.07) is 22.9. The maximum absolute atomic E-state index is 12.3. The molecular weight excluding hydrogens is 324 g/mol. The van der Waals surface area contributed by atoms with E-state index < -0.39 is 0 Å². The predicted molar refractivity (Wildman–Crippen MR) is 103 cm³/mol. The van der Waals surface area contributed by atoms with Gasteiger partial charge in [0, 0.05) is 6.42 Å². The molecule has 0 aliphatic carbocycles. The first kappa shape index (κ1) is 17.7. The van der Waals surface area contributed by atoms with Crippen LogP contribution in [0, 0.1) is 13.8 Å². The highest BCUT2D eigenvalue weighted by molar-refractivity contribution is 5.91. The van der Waals surface area contributed by atoms with Gasteiger partial charge in [0.1, 0.15) is 11.5 Å². The molecule has 0 saturated heterocycles. The summed E-state index contributed by atoms with van der Waals surface area (Å²) in [5.41, 5.74) is 3.81. The maximum Gasteiger partial charge on any atom is 0.343 e. The molecule has 0 spiro atoms. The molecular formula is C23H22O3. The first-order chi connectivity index (χ1) is 12.6. The molecule has 3 aromatic rings. The van der Waals surface area contributed by atoms with Crippen LogP contribution in [0.15, 0.2) is 72.8 Å². The zero-order valence-electron chi connectivity index (χ0n) is 15.1. The molecule has 3 nitrogen and oxygen atoms in total. The van der Waals surface area contributed by atoms with Crippen LogP contribution in [0.3, 0.4) is 0 Å². The number of carbonyl (C=O) groups is 1. The molecule has 0 radical (unpaired) electrons. The van der Waals surface area contributed by atoms with Crippen LogP contribution in [0.2, 0.25) is 0 Å². The molecule has 0 aliphatic heterocycles. The van der Waals surface area contributed by atoms with E-state index in [2.05, 4.69) is 12.1 Å². The summed E-state index contributed by atoms with van der Waals surface area (Å²) in [6.07, 6.45) is 0.845. The Morgan fingerprint density at radius 3 is 2.31 bits per heavy atom. The monoisotopic (exact) mass is 346 g/mol. The lowest BCUT2D eigenvalue weighted by molar-refractivity contribution is 0.0733. The summed E-state index contributed by atoms with van der Waals surface area (Å²) in [6.45, 7) is 4.53. The van der Waals surface area contributed by atoms with Gasteiger partial charge in [0.2, 0.25) is 0 Å². The molecule has 0 aliphatic rings. The van der Waals surface area contributed by atoms with Crippen molar-refractivity contribution < 1.29 is 14.3 Å². The Hall–Kier alpha value is -3.07. The molecule has 26 heavy (non-hydrogen) atoms. The zero-order chi connectivity index (χ0) is 18.4. The summed E-state index contributed by atoms with van der Waals surface area (Å²) < 4.78 is 11.3. The molecule has 0 amide bonds. The summed E-state index contributed by atoms with van der Waals surface area (Å²) >= 11 is 0. The molecule has 0 atom stereocenters. The number of rotatable bonds is 6. The van der Waals surface area contributed by atoms with Crippen LogP contribution in [0.25, 0.3) is 0 Å². The van der Waals surface area contributed by atoms with Crippen molar-refractivity contribution in [1.82, 2.24) is 0 Å². The molecule has 0 N–H and O–H groups in total. The Labute approximate surface area is 154 Å². The Balaban J connectivity index is 1.56. The molecule has 0 saturated carbocycles. The van der Waals surface area contributed by atoms with E-state index in [-0.39, 0.29) is 5.97 Å². The van der Waals surface area contributed by atoms with Crippen LogP contribution >= 0.6 is 0 Å². The molecule has 0 bridgehead atoms. The van der Waals surface area contributed by atoms with Gasteiger partial charge in [0.05, 0.1) is 12.2 Å². The summed E-state index contributed by atoms with van der Waals surface area (Å²) in [5, 5.41) is 0. The smallest absolute Gasteiger partial charge is 0.343 e. The van der Waals surface area contributed by atoms with E-state index in [0.29, 0.717) is 17.9 Å². The van der Waals surface area contributed by atoms with Crippen LogP contribution in [0.5, 0.6) is 11.5 Å². The number of hydrogen-bond donors (Lipinski definition) is 0. The van der Waals surface area contributed by atoms with Crippen LogP contribution in [-0.4, -0.2) is 12.6 Å². The number of esters is 1. The van der Waals surface area contributed by atoms with Gasteiger partial charge in [-0.3, -0.25) is 0 Å². The average Bonchev–Trinajstić information content (AvgIpc) is 2.67. The van der Waals surface area contributed by atoms with Crippen LogP contribution in [-0.2, 0) is 6.42 Å². The van der Waals surface area contributed by atoms with Crippen molar-refractivity contribution in [2.24, 2.45) is 0 Å². The fourth-order valence-electron chi connectivity index (χ4n) is 2.61. The fourth-order valence-corrected chi connectivity index (χ4v) is 2.61. The predicted octanol–water partition coefficient (Wildman–Crippen LogP) is 5.14. The lowest BCUT2D eigenvalue weighted by Crippen LogP contribution is -2.09. The normalized spacial score (nSPS) is 10.4. The maximum atomic E-state index is 12.3. The minimum Gasteiger partial charge on any atom is -0.493 e. The Morgan fingerprint density at radius 1 is 0.846 bits per heavy atom. The minimum atomic E-state index is -0.366. The van der Waals surface area contributed by atoms with Gasteiger partial charge in [-0.1, -0.05) is 42.5 Å². The first-order valence-corrected chi connectivity index (χ1v) is 8.68. The van der Waals surface area contributed by atoms with Gasteiger partial charge in [0.25, 0.3) is 0 Å². The van der Waals surface area contributed by atoms with Gasteiger partial charge in [-0.15, -0.1) is 0 Å². The highest BCUT2D eigenvalue weighted by atomic mass is 16.5. The van der Waals surface area contributed by atoms with Crippen molar-refractivity contribution in [1.29, 1.82) is 0 Å². The lowest BCUT2D eigenvalue weighted by Gasteiger charge is -2.10. The van der Waals surface area contributed by atoms with Crippen molar-refractivity contribution in [3.8, 4) is 11.5 Å². The number of carbonyl (C=O) groups excluding carboxylic acids is 1. The average molecular weight is 346 g/mol. The standard InChI is InChI=1S/C23H22O3/c1-17-7-6-10-22(18(17)2)26-23(24)20-11-13-21(14-12-20)25-16-15-19-8-4-3-5-9-19/h3-14H,15-16H2,1-2H3. The van der Waals surface area contributed by atoms with E-state index >= 15 is 0 Å². The minimum absolute atomic E-state index is 0.366. The van der Waals surface area contributed by atoms with Gasteiger partial charge < -0.3 is 9.47 Å². The SMILES string of the molecule is Cc1cccc(OC(=O)c2ccc(OCCc3ccccc3)cc2)c1C. The second kappa shape index (κ2) is 8.34. The number of hydrogen-bond acceptors (Lipinski definition) is 3. The van der Waals surface area contributed by atoms with E-state index in [1.54, 1.807) is 30.3 Å². The van der Waals surface area contributed by atoms with Crippen molar-refractivity contribution in [2.75, 3.05) is 6.61 Å². The topological polar surface area (TPSA) is 35.5 Å². The highest BCUT2D eigenvalue weighted by Crippen LogP contribution is 2.22. The fraction of sp³-hybridized carbons (Fsp3) is 0.174.